The normalized spacial score (nSPS) is 13.9. The Morgan fingerprint density at radius 1 is 1.38 bits per heavy atom. The SMILES string of the molecule is I.I.[Ru][C]1=CC=CC1. The van der Waals surface area contributed by atoms with Crippen molar-refractivity contribution in [1.29, 1.82) is 0 Å². The third-order valence-corrected chi connectivity index (χ3v) is 1.36. The van der Waals surface area contributed by atoms with Crippen molar-refractivity contribution in [1.82, 2.24) is 0 Å². The average Bonchev–Trinajstić information content (AvgIpc) is 1.86. The Hall–Kier alpha value is 1.56. The van der Waals surface area contributed by atoms with Crippen LogP contribution in [0, 0.1) is 0 Å². The van der Waals surface area contributed by atoms with Crippen LogP contribution in [0.1, 0.15) is 6.42 Å². The van der Waals surface area contributed by atoms with Gasteiger partial charge in [0, 0.05) is 0 Å². The van der Waals surface area contributed by atoms with Crippen LogP contribution < -0.4 is 0 Å². The van der Waals surface area contributed by atoms with E-state index in [2.05, 4.69) is 36.5 Å². The fourth-order valence-electron chi connectivity index (χ4n) is 0.416. The minimum atomic E-state index is 0. The number of hydrogen-bond acceptors (Lipinski definition) is 0. The monoisotopic (exact) mass is 423 g/mol. The zero-order chi connectivity index (χ0) is 4.41. The molecule has 0 aromatic rings. The molecule has 0 aliphatic heterocycles. The first-order valence-electron chi connectivity index (χ1n) is 1.89. The summed E-state index contributed by atoms with van der Waals surface area (Å²) in [5.74, 6) is 0. The van der Waals surface area contributed by atoms with Crippen LogP contribution >= 0.6 is 48.0 Å². The molecule has 0 saturated heterocycles. The molecule has 0 aromatic heterocycles. The van der Waals surface area contributed by atoms with Crippen LogP contribution in [-0.4, -0.2) is 0 Å². The van der Waals surface area contributed by atoms with Crippen molar-refractivity contribution in [2.24, 2.45) is 0 Å². The molecule has 0 aromatic carbocycles. The second-order valence-electron chi connectivity index (χ2n) is 1.23. The van der Waals surface area contributed by atoms with Crippen LogP contribution in [0.3, 0.4) is 0 Å². The van der Waals surface area contributed by atoms with E-state index in [1.165, 1.54) is 4.17 Å². The molecule has 0 N–H and O–H groups in total. The van der Waals surface area contributed by atoms with E-state index in [9.17, 15) is 0 Å². The van der Waals surface area contributed by atoms with Crippen molar-refractivity contribution in [2.45, 2.75) is 6.42 Å². The van der Waals surface area contributed by atoms with Gasteiger partial charge in [-0.1, -0.05) is 0 Å². The van der Waals surface area contributed by atoms with E-state index < -0.39 is 0 Å². The maximum atomic E-state index is 2.59. The topological polar surface area (TPSA) is 0 Å². The summed E-state index contributed by atoms with van der Waals surface area (Å²) in [6, 6.07) is 0. The molecule has 0 bridgehead atoms. The van der Waals surface area contributed by atoms with Crippen LogP contribution in [0.4, 0.5) is 0 Å². The second-order valence-corrected chi connectivity index (χ2v) is 2.35. The quantitative estimate of drug-likeness (QED) is 0.416. The van der Waals surface area contributed by atoms with Gasteiger partial charge < -0.3 is 0 Å². The summed E-state index contributed by atoms with van der Waals surface area (Å²) in [5, 5.41) is 0. The van der Waals surface area contributed by atoms with E-state index in [-0.39, 0.29) is 48.0 Å². The molecule has 0 unspecified atom stereocenters. The molecule has 8 heavy (non-hydrogen) atoms. The van der Waals surface area contributed by atoms with Crippen molar-refractivity contribution in [3.63, 3.8) is 0 Å². The van der Waals surface area contributed by atoms with Gasteiger partial charge in [0.05, 0.1) is 0 Å². The number of rotatable bonds is 0. The molecule has 0 heterocycles. The summed E-state index contributed by atoms with van der Waals surface area (Å²) in [4.78, 5) is 0. The van der Waals surface area contributed by atoms with Gasteiger partial charge >= 0.3 is 47.1 Å². The van der Waals surface area contributed by atoms with Gasteiger partial charge in [0.2, 0.25) is 0 Å². The van der Waals surface area contributed by atoms with Crippen LogP contribution in [0.2, 0.25) is 0 Å². The zero-order valence-electron chi connectivity index (χ0n) is 4.11. The Balaban J connectivity index is 0. The third kappa shape index (κ3) is 4.44. The van der Waals surface area contributed by atoms with E-state index in [1.807, 2.05) is 0 Å². The molecule has 0 fully saturated rings. The minimum absolute atomic E-state index is 0. The maximum absolute atomic E-state index is 2.59. The summed E-state index contributed by atoms with van der Waals surface area (Å²) in [6.45, 7) is 0. The molecule has 1 rings (SSSR count). The Morgan fingerprint density at radius 2 is 2.00 bits per heavy atom. The van der Waals surface area contributed by atoms with Crippen molar-refractivity contribution in [3.8, 4) is 0 Å². The van der Waals surface area contributed by atoms with Crippen molar-refractivity contribution < 1.29 is 18.3 Å². The molecule has 0 saturated carbocycles. The van der Waals surface area contributed by atoms with Crippen LogP contribution in [0.15, 0.2) is 22.4 Å². The molecule has 3 heteroatoms. The molecular formula is C5H7I2Ru. The fraction of sp³-hybridized carbons (Fsp3) is 0.200. The molecule has 0 spiro atoms. The molecule has 0 radical (unpaired) electrons. The number of allylic oxidation sites excluding steroid dienone is 4. The van der Waals surface area contributed by atoms with E-state index in [4.69, 9.17) is 0 Å². The van der Waals surface area contributed by atoms with Crippen molar-refractivity contribution >= 4 is 48.0 Å². The van der Waals surface area contributed by atoms with E-state index >= 15 is 0 Å². The summed E-state index contributed by atoms with van der Waals surface area (Å²) in [7, 11) is 0. The average molecular weight is 422 g/mol. The molecule has 0 amide bonds. The van der Waals surface area contributed by atoms with Gasteiger partial charge in [-0.25, -0.2) is 0 Å². The van der Waals surface area contributed by atoms with E-state index in [0.29, 0.717) is 0 Å². The second kappa shape index (κ2) is 6.68. The van der Waals surface area contributed by atoms with Crippen molar-refractivity contribution in [3.05, 3.63) is 22.4 Å². The van der Waals surface area contributed by atoms with Crippen molar-refractivity contribution in [2.75, 3.05) is 0 Å². The van der Waals surface area contributed by atoms with Crippen LogP contribution in [0.5, 0.6) is 0 Å². The Kier molecular flexibility index (Phi) is 10.2. The van der Waals surface area contributed by atoms with Gasteiger partial charge in [0.15, 0.2) is 0 Å². The Morgan fingerprint density at radius 3 is 2.12 bits per heavy atom. The molecule has 0 nitrogen and oxygen atoms in total. The van der Waals surface area contributed by atoms with Crippen LogP contribution in [-0.2, 0) is 18.3 Å². The number of halogens is 2. The van der Waals surface area contributed by atoms with E-state index in [1.54, 1.807) is 0 Å². The van der Waals surface area contributed by atoms with Gasteiger partial charge in [0.1, 0.15) is 0 Å². The molecular weight excluding hydrogens is 415 g/mol. The zero-order valence-corrected chi connectivity index (χ0v) is 10.5. The van der Waals surface area contributed by atoms with Gasteiger partial charge in [0.25, 0.3) is 0 Å². The molecule has 1 aliphatic rings. The summed E-state index contributed by atoms with van der Waals surface area (Å²) in [6.07, 6.45) is 7.46. The number of hydrogen-bond donors (Lipinski definition) is 0. The Labute approximate surface area is 93.9 Å². The fourth-order valence-corrected chi connectivity index (χ4v) is 0.788. The first-order chi connectivity index (χ1) is 2.89. The summed E-state index contributed by atoms with van der Waals surface area (Å²) in [5.41, 5.74) is 0. The van der Waals surface area contributed by atoms with Gasteiger partial charge in [-0.3, -0.25) is 0 Å². The molecule has 49 valence electrons. The third-order valence-electron chi connectivity index (χ3n) is 0.717. The first kappa shape index (κ1) is 12.3. The first-order valence-corrected chi connectivity index (χ1v) is 2.76. The van der Waals surface area contributed by atoms with Gasteiger partial charge in [-0.2, -0.15) is 0 Å². The van der Waals surface area contributed by atoms with Gasteiger partial charge in [-0.15, -0.1) is 48.0 Å². The molecule has 1 aliphatic carbocycles. The predicted molar refractivity (Wildman–Crippen MR) is 52.7 cm³/mol. The van der Waals surface area contributed by atoms with E-state index in [0.717, 1.165) is 6.42 Å². The standard InChI is InChI=1S/C5H5.2HI.Ru/c1-2-4-5-3-1;;;/h1-3H,4H2;2*1H;. The summed E-state index contributed by atoms with van der Waals surface area (Å²) < 4.78 is 1.40. The summed E-state index contributed by atoms with van der Waals surface area (Å²) >= 11 is 2.59. The molecule has 0 atom stereocenters. The van der Waals surface area contributed by atoms with Crippen LogP contribution in [0.25, 0.3) is 0 Å². The predicted octanol–water partition coefficient (Wildman–Crippen LogP) is 2.61. The Bertz CT molecular complexity index is 107. The van der Waals surface area contributed by atoms with Gasteiger partial charge in [-0.05, 0) is 0 Å².